The van der Waals surface area contributed by atoms with Gasteiger partial charge in [0.1, 0.15) is 6.10 Å². The van der Waals surface area contributed by atoms with Crippen LogP contribution in [-0.2, 0) is 9.53 Å². The van der Waals surface area contributed by atoms with Gasteiger partial charge in [0.25, 0.3) is 0 Å². The highest BCUT2D eigenvalue weighted by Gasteiger charge is 2.60. The Morgan fingerprint density at radius 2 is 2.12 bits per heavy atom. The molecule has 0 radical (unpaired) electrons. The van der Waals surface area contributed by atoms with Crippen LogP contribution in [0.25, 0.3) is 0 Å². The number of furan rings is 1. The first kappa shape index (κ1) is 17.9. The summed E-state index contributed by atoms with van der Waals surface area (Å²) in [6, 6.07) is 0. The van der Waals surface area contributed by atoms with Crippen molar-refractivity contribution in [3.63, 3.8) is 0 Å². The van der Waals surface area contributed by atoms with Crippen molar-refractivity contribution >= 4 is 11.8 Å². The van der Waals surface area contributed by atoms with Gasteiger partial charge in [-0.1, -0.05) is 19.9 Å². The zero-order chi connectivity index (χ0) is 18.5. The Labute approximate surface area is 148 Å². The lowest BCUT2D eigenvalue weighted by Gasteiger charge is -2.53. The molecule has 136 valence electrons. The average Bonchev–Trinajstić information content (AvgIpc) is 2.97. The van der Waals surface area contributed by atoms with E-state index in [1.807, 2.05) is 20.8 Å². The molecule has 5 atom stereocenters. The highest BCUT2D eigenvalue weighted by atomic mass is 16.5. The van der Waals surface area contributed by atoms with Gasteiger partial charge < -0.3 is 14.3 Å². The Balaban J connectivity index is 2.16. The number of fused-ring (bicyclic) bond motifs is 2. The number of esters is 1. The van der Waals surface area contributed by atoms with E-state index in [4.69, 9.17) is 9.15 Å². The van der Waals surface area contributed by atoms with E-state index >= 15 is 0 Å². The summed E-state index contributed by atoms with van der Waals surface area (Å²) in [7, 11) is 0. The largest absolute Gasteiger partial charge is 0.461 e. The van der Waals surface area contributed by atoms with Crippen LogP contribution in [0.4, 0.5) is 0 Å². The van der Waals surface area contributed by atoms with E-state index in [0.29, 0.717) is 29.7 Å². The minimum Gasteiger partial charge on any atom is -0.461 e. The van der Waals surface area contributed by atoms with Crippen molar-refractivity contribution in [1.82, 2.24) is 0 Å². The van der Waals surface area contributed by atoms with Crippen LogP contribution < -0.4 is 0 Å². The second kappa shape index (κ2) is 6.13. The Kier molecular flexibility index (Phi) is 4.40. The van der Waals surface area contributed by atoms with Crippen molar-refractivity contribution in [1.29, 1.82) is 0 Å². The van der Waals surface area contributed by atoms with Gasteiger partial charge in [-0.05, 0) is 45.1 Å². The second-order valence-corrected chi connectivity index (χ2v) is 7.63. The lowest BCUT2D eigenvalue weighted by atomic mass is 9.53. The van der Waals surface area contributed by atoms with Gasteiger partial charge >= 0.3 is 5.97 Å². The maximum absolute atomic E-state index is 13.0. The Bertz CT molecular complexity index is 743. The standard InChI is InChI=1S/C20H26O5/c1-6-10(2)19(23)25-18-15-11(3)9-24-17(15)16(22)13-7-8-14(21)12(4)20(13,18)5/h6,9,12-14,18,21H,7-8H2,1-5H3. The summed E-state index contributed by atoms with van der Waals surface area (Å²) in [5.41, 5.74) is 1.30. The third-order valence-electron chi connectivity index (χ3n) is 6.43. The van der Waals surface area contributed by atoms with Gasteiger partial charge in [0.15, 0.2) is 5.76 Å². The van der Waals surface area contributed by atoms with Crippen molar-refractivity contribution in [3.8, 4) is 0 Å². The van der Waals surface area contributed by atoms with E-state index in [0.717, 1.165) is 5.56 Å². The van der Waals surface area contributed by atoms with Crippen molar-refractivity contribution in [2.45, 2.75) is 59.7 Å². The zero-order valence-electron chi connectivity index (χ0n) is 15.5. The summed E-state index contributed by atoms with van der Waals surface area (Å²) in [6.07, 6.45) is 3.25. The van der Waals surface area contributed by atoms with Gasteiger partial charge in [-0.25, -0.2) is 4.79 Å². The van der Waals surface area contributed by atoms with Gasteiger partial charge in [0.05, 0.1) is 12.4 Å². The number of Topliss-reactive ketones (excluding diaryl/α,β-unsaturated/α-hetero) is 1. The summed E-state index contributed by atoms with van der Waals surface area (Å²) in [4.78, 5) is 25.5. The second-order valence-electron chi connectivity index (χ2n) is 7.63. The molecule has 1 fully saturated rings. The molecular weight excluding hydrogens is 320 g/mol. The first-order valence-corrected chi connectivity index (χ1v) is 8.87. The number of allylic oxidation sites excluding steroid dienone is 1. The van der Waals surface area contributed by atoms with E-state index in [-0.39, 0.29) is 17.6 Å². The van der Waals surface area contributed by atoms with Crippen LogP contribution in [0.15, 0.2) is 22.3 Å². The van der Waals surface area contributed by atoms with Crippen LogP contribution >= 0.6 is 0 Å². The normalized spacial score (nSPS) is 35.1. The molecule has 1 heterocycles. The lowest BCUT2D eigenvalue weighted by molar-refractivity contribution is -0.168. The minimum atomic E-state index is -0.667. The predicted octanol–water partition coefficient (Wildman–Crippen LogP) is 3.75. The first-order valence-electron chi connectivity index (χ1n) is 8.87. The zero-order valence-corrected chi connectivity index (χ0v) is 15.5. The first-order chi connectivity index (χ1) is 11.7. The fraction of sp³-hybridized carbons (Fsp3) is 0.600. The molecule has 0 aromatic carbocycles. The average molecular weight is 346 g/mol. The molecule has 5 nitrogen and oxygen atoms in total. The van der Waals surface area contributed by atoms with E-state index in [1.165, 1.54) is 0 Å². The maximum atomic E-state index is 13.0. The highest BCUT2D eigenvalue weighted by molar-refractivity contribution is 5.99. The van der Waals surface area contributed by atoms with E-state index < -0.39 is 23.6 Å². The molecule has 1 aromatic heterocycles. The summed E-state index contributed by atoms with van der Waals surface area (Å²) in [5, 5.41) is 10.5. The van der Waals surface area contributed by atoms with Gasteiger partial charge in [-0.15, -0.1) is 0 Å². The summed E-state index contributed by atoms with van der Waals surface area (Å²) >= 11 is 0. The van der Waals surface area contributed by atoms with Crippen LogP contribution in [0.5, 0.6) is 0 Å². The highest BCUT2D eigenvalue weighted by Crippen LogP contribution is 2.59. The number of ether oxygens (including phenoxy) is 1. The number of rotatable bonds is 2. The quantitative estimate of drug-likeness (QED) is 0.652. The Hall–Kier alpha value is -1.88. The number of carbonyl (C=O) groups excluding carboxylic acids is 2. The fourth-order valence-electron chi connectivity index (χ4n) is 4.41. The number of aliphatic hydroxyl groups is 1. The molecule has 3 rings (SSSR count). The SMILES string of the molecule is CC=C(C)C(=O)OC1c2c(C)coc2C(=O)C2CCC(O)C(C)C21C. The van der Waals surface area contributed by atoms with E-state index in [2.05, 4.69) is 0 Å². The van der Waals surface area contributed by atoms with E-state index in [9.17, 15) is 14.7 Å². The molecule has 5 unspecified atom stereocenters. The van der Waals surface area contributed by atoms with Crippen LogP contribution in [0.1, 0.15) is 68.3 Å². The molecule has 0 spiro atoms. The molecule has 0 bridgehead atoms. The molecule has 1 aromatic rings. The van der Waals surface area contributed by atoms with Crippen molar-refractivity contribution in [2.75, 3.05) is 0 Å². The number of ketones is 1. The molecule has 0 saturated heterocycles. The fourth-order valence-corrected chi connectivity index (χ4v) is 4.41. The number of hydrogen-bond acceptors (Lipinski definition) is 5. The Morgan fingerprint density at radius 1 is 1.44 bits per heavy atom. The van der Waals surface area contributed by atoms with Crippen molar-refractivity contribution in [3.05, 3.63) is 34.8 Å². The van der Waals surface area contributed by atoms with Crippen LogP contribution in [-0.4, -0.2) is 23.0 Å². The minimum absolute atomic E-state index is 0.0422. The van der Waals surface area contributed by atoms with Crippen molar-refractivity contribution in [2.24, 2.45) is 17.3 Å². The maximum Gasteiger partial charge on any atom is 0.334 e. The topological polar surface area (TPSA) is 76.7 Å². The molecule has 1 saturated carbocycles. The van der Waals surface area contributed by atoms with Crippen LogP contribution in [0.3, 0.4) is 0 Å². The number of aryl methyl sites for hydroxylation is 1. The third kappa shape index (κ3) is 2.48. The number of carbonyl (C=O) groups is 2. The summed E-state index contributed by atoms with van der Waals surface area (Å²) in [6.45, 7) is 9.24. The Morgan fingerprint density at radius 3 is 2.76 bits per heavy atom. The number of aliphatic hydroxyl groups excluding tert-OH is 1. The van der Waals surface area contributed by atoms with Crippen LogP contribution in [0.2, 0.25) is 0 Å². The van der Waals surface area contributed by atoms with E-state index in [1.54, 1.807) is 26.2 Å². The lowest BCUT2D eigenvalue weighted by Crippen LogP contribution is -2.54. The van der Waals surface area contributed by atoms with Crippen LogP contribution in [0, 0.1) is 24.2 Å². The monoisotopic (exact) mass is 346 g/mol. The molecule has 5 heteroatoms. The molecule has 0 aliphatic heterocycles. The van der Waals surface area contributed by atoms with Gasteiger partial charge in [-0.3, -0.25) is 4.79 Å². The molecule has 2 aliphatic carbocycles. The molecule has 2 aliphatic rings. The molecule has 1 N–H and O–H groups in total. The third-order valence-corrected chi connectivity index (χ3v) is 6.43. The summed E-state index contributed by atoms with van der Waals surface area (Å²) < 4.78 is 11.5. The van der Waals surface area contributed by atoms with Gasteiger partial charge in [0, 0.05) is 22.5 Å². The smallest absolute Gasteiger partial charge is 0.334 e. The summed E-state index contributed by atoms with van der Waals surface area (Å²) in [5.74, 6) is -0.645. The number of hydrogen-bond donors (Lipinski definition) is 1. The van der Waals surface area contributed by atoms with Crippen molar-refractivity contribution < 1.29 is 23.8 Å². The molecule has 0 amide bonds. The predicted molar refractivity (Wildman–Crippen MR) is 92.0 cm³/mol. The van der Waals surface area contributed by atoms with Gasteiger partial charge in [-0.2, -0.15) is 0 Å². The van der Waals surface area contributed by atoms with Gasteiger partial charge in [0.2, 0.25) is 5.78 Å². The molecular formula is C20H26O5. The molecule has 25 heavy (non-hydrogen) atoms.